The summed E-state index contributed by atoms with van der Waals surface area (Å²) in [6.45, 7) is 12.9. The van der Waals surface area contributed by atoms with Gasteiger partial charge in [-0.3, -0.25) is 9.69 Å². The highest BCUT2D eigenvalue weighted by atomic mass is 28.4. The third-order valence-corrected chi connectivity index (χ3v) is 12.5. The number of rotatable bonds is 5. The van der Waals surface area contributed by atoms with Crippen molar-refractivity contribution < 1.29 is 23.8 Å². The summed E-state index contributed by atoms with van der Waals surface area (Å²) in [5.74, 6) is 1.10. The second kappa shape index (κ2) is 6.11. The van der Waals surface area contributed by atoms with Crippen molar-refractivity contribution in [1.29, 1.82) is 0 Å². The van der Waals surface area contributed by atoms with Gasteiger partial charge in [0.15, 0.2) is 25.6 Å². The Morgan fingerprint density at radius 3 is 2.63 bits per heavy atom. The number of ether oxygens (including phenoxy) is 2. The maximum absolute atomic E-state index is 13.2. The molecule has 1 aliphatic carbocycles. The average Bonchev–Trinajstić information content (AvgIpc) is 3.09. The van der Waals surface area contributed by atoms with Crippen LogP contribution >= 0.6 is 0 Å². The first-order chi connectivity index (χ1) is 14.0. The molecule has 7 heteroatoms. The molecule has 0 radical (unpaired) electrons. The van der Waals surface area contributed by atoms with Crippen molar-refractivity contribution in [2.75, 3.05) is 19.9 Å². The SMILES string of the molecule is CC(C)(C)[Si](C)(C)OCCc1cc2c(cc1[C@@]13C(=O)C(O)=C[C@@]14CCCN43)OCO2. The smallest absolute Gasteiger partial charge is 0.231 e. The number of nitrogens with zero attached hydrogens (tertiary/aromatic N) is 1. The van der Waals surface area contributed by atoms with Gasteiger partial charge < -0.3 is 19.0 Å². The fraction of sp³-hybridized carbons (Fsp3) is 0.609. The first kappa shape index (κ1) is 20.1. The lowest BCUT2D eigenvalue weighted by atomic mass is 9.81. The van der Waals surface area contributed by atoms with Crippen molar-refractivity contribution in [1.82, 2.24) is 4.90 Å². The topological polar surface area (TPSA) is 68.0 Å². The Bertz CT molecular complexity index is 965. The van der Waals surface area contributed by atoms with Gasteiger partial charge in [-0.25, -0.2) is 0 Å². The minimum Gasteiger partial charge on any atom is -0.504 e. The molecule has 3 aliphatic heterocycles. The standard InChI is InChI=1S/C23H31NO5Si/c1-21(2,3)30(4,5)29-10-7-15-11-18-19(28-14-27-18)12-16(15)23-20(26)17(25)13-22(23)8-6-9-24(22)23/h11-13,25H,6-10,14H2,1-5H3/t22-,23+,24?/m0/s1. The monoisotopic (exact) mass is 429 g/mol. The predicted octanol–water partition coefficient (Wildman–Crippen LogP) is 4.05. The van der Waals surface area contributed by atoms with Crippen LogP contribution in [0.15, 0.2) is 24.0 Å². The molecule has 3 heterocycles. The largest absolute Gasteiger partial charge is 0.504 e. The molecule has 162 valence electrons. The van der Waals surface area contributed by atoms with Crippen LogP contribution < -0.4 is 9.47 Å². The summed E-state index contributed by atoms with van der Waals surface area (Å²) in [4.78, 5) is 15.5. The van der Waals surface area contributed by atoms with Crippen molar-refractivity contribution in [3.05, 3.63) is 35.1 Å². The second-order valence-corrected chi connectivity index (χ2v) is 15.3. The van der Waals surface area contributed by atoms with Crippen LogP contribution in [0.4, 0.5) is 0 Å². The molecule has 0 aromatic heterocycles. The van der Waals surface area contributed by atoms with Crippen LogP contribution in [0.5, 0.6) is 11.5 Å². The fourth-order valence-electron chi connectivity index (χ4n) is 5.39. The molecule has 4 aliphatic rings. The summed E-state index contributed by atoms with van der Waals surface area (Å²) in [5, 5.41) is 10.5. The summed E-state index contributed by atoms with van der Waals surface area (Å²) in [6, 6.07) is 3.97. The van der Waals surface area contributed by atoms with E-state index in [1.165, 1.54) is 0 Å². The summed E-state index contributed by atoms with van der Waals surface area (Å²) in [6.07, 6.45) is 4.39. The van der Waals surface area contributed by atoms with Crippen LogP contribution in [0.1, 0.15) is 44.7 Å². The van der Waals surface area contributed by atoms with Crippen LogP contribution in [0.2, 0.25) is 18.1 Å². The Balaban J connectivity index is 1.50. The molecule has 1 N–H and O–H groups in total. The summed E-state index contributed by atoms with van der Waals surface area (Å²) in [5.41, 5.74) is 0.818. The lowest BCUT2D eigenvalue weighted by molar-refractivity contribution is -0.121. The molecule has 6 nitrogen and oxygen atoms in total. The van der Waals surface area contributed by atoms with Crippen LogP contribution in [-0.2, 0) is 21.2 Å². The van der Waals surface area contributed by atoms with E-state index in [2.05, 4.69) is 38.8 Å². The highest BCUT2D eigenvalue weighted by molar-refractivity contribution is 6.74. The number of aliphatic hydroxyl groups is 1. The molecule has 0 saturated carbocycles. The number of carbonyl (C=O) groups excluding carboxylic acids is 1. The van der Waals surface area contributed by atoms with E-state index in [-0.39, 0.29) is 28.9 Å². The molecule has 5 rings (SSSR count). The number of aliphatic hydroxyl groups excluding tert-OH is 1. The van der Waals surface area contributed by atoms with Crippen molar-refractivity contribution >= 4 is 14.1 Å². The number of benzene rings is 1. The van der Waals surface area contributed by atoms with Gasteiger partial charge in [-0.15, -0.1) is 0 Å². The molecule has 2 saturated heterocycles. The van der Waals surface area contributed by atoms with E-state index in [4.69, 9.17) is 13.9 Å². The van der Waals surface area contributed by atoms with E-state index < -0.39 is 13.9 Å². The molecular weight excluding hydrogens is 398 g/mol. The van der Waals surface area contributed by atoms with Gasteiger partial charge in [0, 0.05) is 13.2 Å². The summed E-state index contributed by atoms with van der Waals surface area (Å²) >= 11 is 0. The van der Waals surface area contributed by atoms with E-state index in [9.17, 15) is 9.90 Å². The average molecular weight is 430 g/mol. The van der Waals surface area contributed by atoms with Gasteiger partial charge in [0.1, 0.15) is 5.54 Å². The van der Waals surface area contributed by atoms with E-state index in [1.54, 1.807) is 6.08 Å². The number of ketones is 1. The Morgan fingerprint density at radius 2 is 1.93 bits per heavy atom. The van der Waals surface area contributed by atoms with E-state index in [0.717, 1.165) is 36.3 Å². The molecule has 1 aromatic rings. The van der Waals surface area contributed by atoms with Gasteiger partial charge in [0.25, 0.3) is 0 Å². The highest BCUT2D eigenvalue weighted by Gasteiger charge is 2.83. The number of Topliss-reactive ketones (excluding diaryl/α,β-unsaturated/α-hetero) is 1. The number of piperidine rings is 1. The van der Waals surface area contributed by atoms with Crippen molar-refractivity contribution in [2.24, 2.45) is 0 Å². The van der Waals surface area contributed by atoms with Gasteiger partial charge in [-0.05, 0) is 66.7 Å². The molecule has 1 unspecified atom stereocenters. The first-order valence-corrected chi connectivity index (χ1v) is 13.8. The van der Waals surface area contributed by atoms with Gasteiger partial charge in [0.05, 0.1) is 5.54 Å². The molecule has 30 heavy (non-hydrogen) atoms. The summed E-state index contributed by atoms with van der Waals surface area (Å²) < 4.78 is 17.7. The van der Waals surface area contributed by atoms with E-state index >= 15 is 0 Å². The normalized spacial score (nSPS) is 31.6. The lowest BCUT2D eigenvalue weighted by Gasteiger charge is -2.36. The van der Waals surface area contributed by atoms with Crippen LogP contribution in [0.25, 0.3) is 0 Å². The maximum Gasteiger partial charge on any atom is 0.231 e. The maximum atomic E-state index is 13.2. The van der Waals surface area contributed by atoms with Crippen LogP contribution in [0.3, 0.4) is 0 Å². The summed E-state index contributed by atoms with van der Waals surface area (Å²) in [7, 11) is -1.87. The Morgan fingerprint density at radius 1 is 1.23 bits per heavy atom. The molecular formula is C23H31NO5Si. The van der Waals surface area contributed by atoms with Crippen LogP contribution in [0, 0.1) is 0 Å². The van der Waals surface area contributed by atoms with Gasteiger partial charge >= 0.3 is 0 Å². The number of hydrogen-bond donors (Lipinski definition) is 1. The molecule has 1 spiro atoms. The molecule has 3 atom stereocenters. The zero-order valence-corrected chi connectivity index (χ0v) is 19.5. The molecule has 0 amide bonds. The zero-order valence-electron chi connectivity index (χ0n) is 18.5. The second-order valence-electron chi connectivity index (χ2n) is 10.5. The lowest BCUT2D eigenvalue weighted by Crippen LogP contribution is -2.41. The highest BCUT2D eigenvalue weighted by Crippen LogP contribution is 2.70. The zero-order chi connectivity index (χ0) is 21.5. The molecule has 2 fully saturated rings. The van der Waals surface area contributed by atoms with Crippen molar-refractivity contribution in [3.8, 4) is 11.5 Å². The Labute approximate surface area is 178 Å². The van der Waals surface area contributed by atoms with Crippen LogP contribution in [-0.4, -0.2) is 49.6 Å². The number of fused-ring (bicyclic) bond motifs is 2. The number of carbonyl (C=O) groups is 1. The third-order valence-electron chi connectivity index (χ3n) is 7.97. The van der Waals surface area contributed by atoms with Gasteiger partial charge in [0.2, 0.25) is 12.6 Å². The Hall–Kier alpha value is -1.83. The fourth-order valence-corrected chi connectivity index (χ4v) is 6.43. The van der Waals surface area contributed by atoms with Gasteiger partial charge in [-0.1, -0.05) is 20.8 Å². The minimum atomic E-state index is -1.87. The number of hydrogen-bond acceptors (Lipinski definition) is 6. The first-order valence-electron chi connectivity index (χ1n) is 10.9. The van der Waals surface area contributed by atoms with Crippen molar-refractivity contribution in [3.63, 3.8) is 0 Å². The van der Waals surface area contributed by atoms with E-state index in [1.807, 2.05) is 12.1 Å². The Kier molecular flexibility index (Phi) is 4.09. The van der Waals surface area contributed by atoms with Gasteiger partial charge in [-0.2, -0.15) is 0 Å². The van der Waals surface area contributed by atoms with E-state index in [0.29, 0.717) is 18.8 Å². The third kappa shape index (κ3) is 2.40. The van der Waals surface area contributed by atoms with Crippen molar-refractivity contribution in [2.45, 2.75) is 69.2 Å². The quantitative estimate of drug-likeness (QED) is 0.563. The molecule has 0 bridgehead atoms. The minimum absolute atomic E-state index is 0.103. The molecule has 1 aromatic carbocycles. The predicted molar refractivity (Wildman–Crippen MR) is 115 cm³/mol.